The molecule has 1 aliphatic carbocycles. The molecule has 1 aromatic rings. The first-order valence-corrected chi connectivity index (χ1v) is 7.11. The summed E-state index contributed by atoms with van der Waals surface area (Å²) in [5.41, 5.74) is 6.47. The fourth-order valence-electron chi connectivity index (χ4n) is 1.92. The minimum absolute atomic E-state index is 0.0533. The number of ether oxygens (including phenoxy) is 1. The van der Waals surface area contributed by atoms with Gasteiger partial charge in [-0.1, -0.05) is 42.5 Å². The molecule has 4 heteroatoms. The second-order valence-corrected chi connectivity index (χ2v) is 4.97. The number of nitrogens with one attached hydrogen (secondary N) is 1. The van der Waals surface area contributed by atoms with Crippen molar-refractivity contribution < 1.29 is 9.53 Å². The van der Waals surface area contributed by atoms with Crippen LogP contribution < -0.4 is 11.1 Å². The van der Waals surface area contributed by atoms with Crippen LogP contribution >= 0.6 is 0 Å². The lowest BCUT2D eigenvalue weighted by Crippen LogP contribution is -2.38. The maximum absolute atomic E-state index is 12.2. The summed E-state index contributed by atoms with van der Waals surface area (Å²) in [4.78, 5) is 12.2. The third kappa shape index (κ3) is 5.15. The van der Waals surface area contributed by atoms with Gasteiger partial charge < -0.3 is 15.8 Å². The minimum atomic E-state index is -0.406. The second-order valence-electron chi connectivity index (χ2n) is 4.97. The van der Waals surface area contributed by atoms with Crippen molar-refractivity contribution in [3.63, 3.8) is 0 Å². The molecule has 0 radical (unpaired) electrons. The Hall–Kier alpha value is -1.65. The molecule has 108 valence electrons. The largest absolute Gasteiger partial charge is 0.365 e. The highest BCUT2D eigenvalue weighted by Crippen LogP contribution is 2.26. The zero-order valence-electron chi connectivity index (χ0n) is 11.6. The van der Waals surface area contributed by atoms with E-state index in [0.29, 0.717) is 19.5 Å². The molecule has 0 aliphatic heterocycles. The van der Waals surface area contributed by atoms with E-state index in [1.165, 1.54) is 0 Å². The molecule has 1 unspecified atom stereocenters. The number of amides is 1. The van der Waals surface area contributed by atoms with Crippen molar-refractivity contribution in [1.82, 2.24) is 5.32 Å². The Labute approximate surface area is 120 Å². The van der Waals surface area contributed by atoms with E-state index in [1.54, 1.807) is 0 Å². The van der Waals surface area contributed by atoms with E-state index in [9.17, 15) is 4.79 Å². The molecule has 1 aromatic carbocycles. The fourth-order valence-corrected chi connectivity index (χ4v) is 1.92. The van der Waals surface area contributed by atoms with Gasteiger partial charge in [-0.2, -0.15) is 0 Å². The standard InChI is InChI=1S/C16H22N2O2/c17-10-4-5-11-18-16(19)15(20-14-8-9-14)12-13-6-2-1-3-7-13/h1-7,14-15H,8-12,17H2,(H,18,19). The summed E-state index contributed by atoms with van der Waals surface area (Å²) >= 11 is 0. The molecule has 0 bridgehead atoms. The van der Waals surface area contributed by atoms with E-state index in [0.717, 1.165) is 18.4 Å². The quantitative estimate of drug-likeness (QED) is 0.704. The Balaban J connectivity index is 1.88. The van der Waals surface area contributed by atoms with Crippen molar-refractivity contribution in [1.29, 1.82) is 0 Å². The van der Waals surface area contributed by atoms with Crippen molar-refractivity contribution in [2.24, 2.45) is 5.73 Å². The van der Waals surface area contributed by atoms with Crippen LogP contribution in [0.2, 0.25) is 0 Å². The van der Waals surface area contributed by atoms with E-state index >= 15 is 0 Å². The van der Waals surface area contributed by atoms with Crippen LogP contribution in [-0.4, -0.2) is 31.2 Å². The normalized spacial score (nSPS) is 16.2. The number of hydrogen-bond acceptors (Lipinski definition) is 3. The topological polar surface area (TPSA) is 64.3 Å². The van der Waals surface area contributed by atoms with Gasteiger partial charge in [0.15, 0.2) is 0 Å². The second kappa shape index (κ2) is 7.82. The van der Waals surface area contributed by atoms with Crippen LogP contribution in [0.5, 0.6) is 0 Å². The Morgan fingerprint density at radius 1 is 1.35 bits per heavy atom. The molecule has 0 heterocycles. The molecule has 1 fully saturated rings. The average molecular weight is 274 g/mol. The van der Waals surface area contributed by atoms with E-state index < -0.39 is 6.10 Å². The molecular formula is C16H22N2O2. The number of hydrogen-bond donors (Lipinski definition) is 2. The first-order valence-electron chi connectivity index (χ1n) is 7.11. The van der Waals surface area contributed by atoms with Crippen LogP contribution in [0.4, 0.5) is 0 Å². The van der Waals surface area contributed by atoms with Crippen molar-refractivity contribution in [3.05, 3.63) is 48.0 Å². The smallest absolute Gasteiger partial charge is 0.249 e. The zero-order valence-corrected chi connectivity index (χ0v) is 11.6. The molecule has 1 saturated carbocycles. The Morgan fingerprint density at radius 3 is 2.75 bits per heavy atom. The van der Waals surface area contributed by atoms with E-state index in [4.69, 9.17) is 10.5 Å². The number of benzene rings is 1. The Morgan fingerprint density at radius 2 is 2.10 bits per heavy atom. The number of rotatable bonds is 8. The van der Waals surface area contributed by atoms with Gasteiger partial charge in [0.05, 0.1) is 6.10 Å². The highest BCUT2D eigenvalue weighted by molar-refractivity contribution is 5.81. The number of carbonyl (C=O) groups is 1. The molecule has 20 heavy (non-hydrogen) atoms. The third-order valence-electron chi connectivity index (χ3n) is 3.13. The molecule has 3 N–H and O–H groups in total. The monoisotopic (exact) mass is 274 g/mol. The summed E-state index contributed by atoms with van der Waals surface area (Å²) in [7, 11) is 0. The molecular weight excluding hydrogens is 252 g/mol. The highest BCUT2D eigenvalue weighted by atomic mass is 16.5. The first kappa shape index (κ1) is 14.8. The SMILES string of the molecule is NCC=CCNC(=O)C(Cc1ccccc1)OC1CC1. The van der Waals surface area contributed by atoms with Crippen LogP contribution in [0, 0.1) is 0 Å². The molecule has 2 rings (SSSR count). The molecule has 0 spiro atoms. The van der Waals surface area contributed by atoms with Gasteiger partial charge >= 0.3 is 0 Å². The maximum atomic E-state index is 12.2. The minimum Gasteiger partial charge on any atom is -0.365 e. The van der Waals surface area contributed by atoms with Crippen molar-refractivity contribution in [2.45, 2.75) is 31.5 Å². The Bertz CT molecular complexity index is 441. The lowest BCUT2D eigenvalue weighted by Gasteiger charge is -2.17. The van der Waals surface area contributed by atoms with Crippen molar-refractivity contribution in [2.75, 3.05) is 13.1 Å². The van der Waals surface area contributed by atoms with Gasteiger partial charge in [-0.25, -0.2) is 0 Å². The predicted molar refractivity (Wildman–Crippen MR) is 79.2 cm³/mol. The Kier molecular flexibility index (Phi) is 5.77. The lowest BCUT2D eigenvalue weighted by atomic mass is 10.1. The molecule has 1 atom stereocenters. The van der Waals surface area contributed by atoms with Crippen LogP contribution in [0.1, 0.15) is 18.4 Å². The fraction of sp³-hybridized carbons (Fsp3) is 0.438. The first-order chi connectivity index (χ1) is 9.79. The highest BCUT2D eigenvalue weighted by Gasteiger charge is 2.29. The summed E-state index contributed by atoms with van der Waals surface area (Å²) < 4.78 is 5.82. The summed E-state index contributed by atoms with van der Waals surface area (Å²) in [5, 5.41) is 2.86. The zero-order chi connectivity index (χ0) is 14.2. The number of carbonyl (C=O) groups excluding carboxylic acids is 1. The van der Waals surface area contributed by atoms with Gasteiger partial charge in [0.25, 0.3) is 0 Å². The maximum Gasteiger partial charge on any atom is 0.249 e. The van der Waals surface area contributed by atoms with Crippen LogP contribution in [0.25, 0.3) is 0 Å². The van der Waals surface area contributed by atoms with Crippen LogP contribution in [0.15, 0.2) is 42.5 Å². The van der Waals surface area contributed by atoms with Gasteiger partial charge in [-0.05, 0) is 18.4 Å². The van der Waals surface area contributed by atoms with Gasteiger partial charge in [0, 0.05) is 19.5 Å². The molecule has 0 saturated heterocycles. The van der Waals surface area contributed by atoms with E-state index in [1.807, 2.05) is 42.5 Å². The molecule has 1 aliphatic rings. The summed E-state index contributed by atoms with van der Waals surface area (Å²) in [5.74, 6) is -0.0533. The molecule has 4 nitrogen and oxygen atoms in total. The van der Waals surface area contributed by atoms with Gasteiger partial charge in [0.1, 0.15) is 6.10 Å². The predicted octanol–water partition coefficient (Wildman–Crippen LogP) is 1.41. The summed E-state index contributed by atoms with van der Waals surface area (Å²) in [6.45, 7) is 0.983. The van der Waals surface area contributed by atoms with Crippen LogP contribution in [-0.2, 0) is 16.0 Å². The number of nitrogens with two attached hydrogens (primary N) is 1. The third-order valence-corrected chi connectivity index (χ3v) is 3.13. The average Bonchev–Trinajstić information content (AvgIpc) is 3.28. The van der Waals surface area contributed by atoms with Gasteiger partial charge in [-0.15, -0.1) is 0 Å². The van der Waals surface area contributed by atoms with E-state index in [2.05, 4.69) is 5.32 Å². The van der Waals surface area contributed by atoms with E-state index in [-0.39, 0.29) is 12.0 Å². The van der Waals surface area contributed by atoms with Crippen LogP contribution in [0.3, 0.4) is 0 Å². The summed E-state index contributed by atoms with van der Waals surface area (Å²) in [6.07, 6.45) is 6.27. The molecule has 1 amide bonds. The molecule has 0 aromatic heterocycles. The van der Waals surface area contributed by atoms with Crippen molar-refractivity contribution >= 4 is 5.91 Å². The van der Waals surface area contributed by atoms with Crippen molar-refractivity contribution in [3.8, 4) is 0 Å². The van der Waals surface area contributed by atoms with Gasteiger partial charge in [-0.3, -0.25) is 4.79 Å². The summed E-state index contributed by atoms with van der Waals surface area (Å²) in [6, 6.07) is 9.96. The van der Waals surface area contributed by atoms with Gasteiger partial charge in [0.2, 0.25) is 5.91 Å². The lowest BCUT2D eigenvalue weighted by molar-refractivity contribution is -0.133.